The van der Waals surface area contributed by atoms with Crippen LogP contribution >= 0.6 is 0 Å². The van der Waals surface area contributed by atoms with Gasteiger partial charge in [0, 0.05) is 42.5 Å². The van der Waals surface area contributed by atoms with Gasteiger partial charge < -0.3 is 15.6 Å². The highest BCUT2D eigenvalue weighted by molar-refractivity contribution is 7.92. The summed E-state index contributed by atoms with van der Waals surface area (Å²) in [7, 11) is -3.37. The largest absolute Gasteiger partial charge is 0.487 e. The summed E-state index contributed by atoms with van der Waals surface area (Å²) >= 11 is 0. The maximum atomic E-state index is 11.5. The molecule has 1 saturated heterocycles. The Labute approximate surface area is 189 Å². The zero-order chi connectivity index (χ0) is 22.5. The molecule has 2 heterocycles. The predicted octanol–water partition coefficient (Wildman–Crippen LogP) is 2.85. The zero-order valence-electron chi connectivity index (χ0n) is 18.4. The van der Waals surface area contributed by atoms with Crippen LogP contribution in [0.2, 0.25) is 0 Å². The molecule has 3 aliphatic rings. The number of fused-ring (bicyclic) bond motifs is 2. The molecule has 2 aromatic rings. The van der Waals surface area contributed by atoms with Crippen LogP contribution in [0.1, 0.15) is 48.5 Å². The molecular weight excluding hydrogens is 426 g/mol. The molecule has 5 rings (SSSR count). The number of nitrogens with two attached hydrogens (primary N) is 1. The molecule has 32 heavy (non-hydrogen) atoms. The highest BCUT2D eigenvalue weighted by atomic mass is 32.2. The van der Waals surface area contributed by atoms with E-state index in [1.807, 2.05) is 6.07 Å². The summed E-state index contributed by atoms with van der Waals surface area (Å²) in [5.74, 6) is 0.653. The predicted molar refractivity (Wildman–Crippen MR) is 125 cm³/mol. The topological polar surface area (TPSA) is 105 Å². The van der Waals surface area contributed by atoms with Crippen LogP contribution in [0.25, 0.3) is 0 Å². The summed E-state index contributed by atoms with van der Waals surface area (Å²) in [6.07, 6.45) is 6.00. The fraction of sp³-hybridized carbons (Fsp3) is 0.500. The first-order valence-corrected chi connectivity index (χ1v) is 13.2. The quantitative estimate of drug-likeness (QED) is 0.612. The molecule has 0 radical (unpaired) electrons. The molecule has 0 saturated carbocycles. The minimum absolute atomic E-state index is 0.365. The fourth-order valence-electron chi connectivity index (χ4n) is 5.59. The van der Waals surface area contributed by atoms with E-state index in [-0.39, 0.29) is 5.60 Å². The molecular formula is C24H31N3O4S. The van der Waals surface area contributed by atoms with Crippen molar-refractivity contribution < 1.29 is 18.3 Å². The number of nitrogen functional groups attached to an aromatic ring is 1. The van der Waals surface area contributed by atoms with E-state index in [4.69, 9.17) is 10.5 Å². The van der Waals surface area contributed by atoms with Gasteiger partial charge in [-0.3, -0.25) is 9.62 Å². The van der Waals surface area contributed by atoms with Gasteiger partial charge in [0.15, 0.2) is 0 Å². The smallest absolute Gasteiger partial charge is 0.229 e. The van der Waals surface area contributed by atoms with Crippen molar-refractivity contribution in [2.75, 3.05) is 29.8 Å². The molecule has 0 aromatic heterocycles. The highest BCUT2D eigenvalue weighted by Crippen LogP contribution is 2.45. The first-order chi connectivity index (χ1) is 15.2. The number of benzene rings is 2. The van der Waals surface area contributed by atoms with Crippen LogP contribution in [0.5, 0.6) is 5.75 Å². The van der Waals surface area contributed by atoms with Gasteiger partial charge in [-0.2, -0.15) is 0 Å². The SMILES string of the molecule is CS(=O)(=O)Nc1ccc2c(c1)C(O)CC1(CCN(C3CCc4cc(N)ccc4C3)CC1)O2. The summed E-state index contributed by atoms with van der Waals surface area (Å²) in [6, 6.07) is 12.0. The standard InChI is InChI=1S/C24H31N3O4S/c1-32(29,30)26-19-5-7-23-21(14-19)22(28)15-24(31-23)8-10-27(11-9-24)20-6-3-16-12-18(25)4-2-17(16)13-20/h2,4-5,7,12,14,20,22,26,28H,3,6,8-11,13,15,25H2,1H3. The lowest BCUT2D eigenvalue weighted by atomic mass is 9.80. The summed E-state index contributed by atoms with van der Waals surface area (Å²) in [5.41, 5.74) is 10.3. The molecule has 0 amide bonds. The van der Waals surface area contributed by atoms with Crippen LogP contribution in [-0.2, 0) is 22.9 Å². The molecule has 8 heteroatoms. The summed E-state index contributed by atoms with van der Waals surface area (Å²) < 4.78 is 32.0. The van der Waals surface area contributed by atoms with Crippen LogP contribution in [0, 0.1) is 0 Å². The Morgan fingerprint density at radius 3 is 2.69 bits per heavy atom. The van der Waals surface area contributed by atoms with E-state index in [0.717, 1.165) is 57.1 Å². The van der Waals surface area contributed by atoms with Crippen molar-refractivity contribution in [1.82, 2.24) is 4.90 Å². The van der Waals surface area contributed by atoms with E-state index in [9.17, 15) is 13.5 Å². The van der Waals surface area contributed by atoms with Gasteiger partial charge in [0.25, 0.3) is 0 Å². The Bertz CT molecular complexity index is 1130. The fourth-order valence-corrected chi connectivity index (χ4v) is 6.14. The van der Waals surface area contributed by atoms with Crippen molar-refractivity contribution in [3.8, 4) is 5.75 Å². The Morgan fingerprint density at radius 1 is 1.16 bits per heavy atom. The van der Waals surface area contributed by atoms with E-state index in [1.165, 1.54) is 11.1 Å². The Kier molecular flexibility index (Phi) is 5.34. The van der Waals surface area contributed by atoms with E-state index in [2.05, 4.69) is 21.8 Å². The first-order valence-electron chi connectivity index (χ1n) is 11.3. The Hall–Kier alpha value is -2.29. The summed E-state index contributed by atoms with van der Waals surface area (Å²) in [4.78, 5) is 2.58. The molecule has 0 bridgehead atoms. The van der Waals surface area contributed by atoms with Gasteiger partial charge in [0.2, 0.25) is 10.0 Å². The molecule has 2 aliphatic heterocycles. The number of piperidine rings is 1. The second-order valence-corrected chi connectivity index (χ2v) is 11.3. The Morgan fingerprint density at radius 2 is 1.94 bits per heavy atom. The van der Waals surface area contributed by atoms with E-state index < -0.39 is 16.1 Å². The first kappa shape index (κ1) is 21.6. The molecule has 172 valence electrons. The minimum Gasteiger partial charge on any atom is -0.487 e. The van der Waals surface area contributed by atoms with Gasteiger partial charge in [-0.1, -0.05) is 6.07 Å². The van der Waals surface area contributed by atoms with Crippen molar-refractivity contribution >= 4 is 21.4 Å². The molecule has 4 N–H and O–H groups in total. The number of likely N-dealkylation sites (tertiary alicyclic amines) is 1. The van der Waals surface area contributed by atoms with E-state index >= 15 is 0 Å². The molecule has 1 fully saturated rings. The van der Waals surface area contributed by atoms with E-state index in [1.54, 1.807) is 18.2 Å². The third-order valence-corrected chi connectivity index (χ3v) is 7.83. The average molecular weight is 458 g/mol. The summed E-state index contributed by atoms with van der Waals surface area (Å²) in [5, 5.41) is 10.9. The van der Waals surface area contributed by atoms with Crippen molar-refractivity contribution in [3.05, 3.63) is 53.1 Å². The van der Waals surface area contributed by atoms with Gasteiger partial charge in [0.05, 0.1) is 12.4 Å². The van der Waals surface area contributed by atoms with Crippen LogP contribution < -0.4 is 15.2 Å². The number of anilines is 2. The van der Waals surface area contributed by atoms with Gasteiger partial charge in [0.1, 0.15) is 11.4 Å². The van der Waals surface area contributed by atoms with Crippen LogP contribution in [0.3, 0.4) is 0 Å². The molecule has 7 nitrogen and oxygen atoms in total. The number of aliphatic hydroxyl groups is 1. The number of hydrogen-bond donors (Lipinski definition) is 3. The van der Waals surface area contributed by atoms with Crippen molar-refractivity contribution in [2.45, 2.75) is 56.3 Å². The molecule has 1 spiro atoms. The van der Waals surface area contributed by atoms with Gasteiger partial charge in [-0.05, 0) is 73.6 Å². The van der Waals surface area contributed by atoms with E-state index in [0.29, 0.717) is 29.5 Å². The number of nitrogens with zero attached hydrogens (tertiary/aromatic N) is 1. The maximum Gasteiger partial charge on any atom is 0.229 e. The number of aliphatic hydroxyl groups excluding tert-OH is 1. The van der Waals surface area contributed by atoms with Crippen LogP contribution in [0.15, 0.2) is 36.4 Å². The second-order valence-electron chi connectivity index (χ2n) is 9.59. The third kappa shape index (κ3) is 4.31. The number of hydrogen-bond acceptors (Lipinski definition) is 6. The van der Waals surface area contributed by atoms with Crippen molar-refractivity contribution in [1.29, 1.82) is 0 Å². The normalized spacial score (nSPS) is 24.9. The highest BCUT2D eigenvalue weighted by Gasteiger charge is 2.44. The minimum atomic E-state index is -3.37. The number of sulfonamides is 1. The van der Waals surface area contributed by atoms with Crippen LogP contribution in [0.4, 0.5) is 11.4 Å². The molecule has 2 atom stereocenters. The second kappa shape index (κ2) is 7.93. The molecule has 1 aliphatic carbocycles. The monoisotopic (exact) mass is 457 g/mol. The lowest BCUT2D eigenvalue weighted by Gasteiger charge is -2.48. The van der Waals surface area contributed by atoms with Gasteiger partial charge in [-0.15, -0.1) is 0 Å². The summed E-state index contributed by atoms with van der Waals surface area (Å²) in [6.45, 7) is 1.90. The number of ether oxygens (including phenoxy) is 1. The third-order valence-electron chi connectivity index (χ3n) is 7.22. The zero-order valence-corrected chi connectivity index (χ0v) is 19.2. The lowest BCUT2D eigenvalue weighted by molar-refractivity contribution is -0.0608. The van der Waals surface area contributed by atoms with Crippen molar-refractivity contribution in [2.24, 2.45) is 0 Å². The molecule has 2 unspecified atom stereocenters. The lowest BCUT2D eigenvalue weighted by Crippen LogP contribution is -2.53. The number of rotatable bonds is 3. The van der Waals surface area contributed by atoms with Gasteiger partial charge >= 0.3 is 0 Å². The molecule has 2 aromatic carbocycles. The van der Waals surface area contributed by atoms with Crippen LogP contribution in [-0.4, -0.2) is 49.4 Å². The average Bonchev–Trinajstić information content (AvgIpc) is 2.73. The number of nitrogens with one attached hydrogen (secondary N) is 1. The maximum absolute atomic E-state index is 11.5. The number of aryl methyl sites for hydroxylation is 1. The van der Waals surface area contributed by atoms with Gasteiger partial charge in [-0.25, -0.2) is 8.42 Å². The van der Waals surface area contributed by atoms with Crippen molar-refractivity contribution in [3.63, 3.8) is 0 Å². The Balaban J connectivity index is 1.26.